The molecule has 0 radical (unpaired) electrons. The Hall–Kier alpha value is -3.50. The van der Waals surface area contributed by atoms with Gasteiger partial charge in [0.15, 0.2) is 5.82 Å². The Bertz CT molecular complexity index is 1050. The Labute approximate surface area is 162 Å². The van der Waals surface area contributed by atoms with Gasteiger partial charge in [-0.2, -0.15) is 13.2 Å². The highest BCUT2D eigenvalue weighted by Gasteiger charge is 2.33. The van der Waals surface area contributed by atoms with Gasteiger partial charge in [0, 0.05) is 12.7 Å². The topological polar surface area (TPSA) is 94.8 Å². The minimum atomic E-state index is -4.64. The summed E-state index contributed by atoms with van der Waals surface area (Å²) in [7, 11) is 0. The maximum absolute atomic E-state index is 13.1. The van der Waals surface area contributed by atoms with E-state index in [1.807, 2.05) is 4.57 Å². The molecule has 4 heterocycles. The number of rotatable bonds is 0. The average molecular weight is 404 g/mol. The number of carbonyl (C=O) groups excluding carboxylic acids is 1. The number of ether oxygens (including phenoxy) is 1. The highest BCUT2D eigenvalue weighted by atomic mass is 19.4. The van der Waals surface area contributed by atoms with Crippen molar-refractivity contribution in [2.75, 3.05) is 11.9 Å². The summed E-state index contributed by atoms with van der Waals surface area (Å²) in [4.78, 5) is 20.7. The Kier molecular flexibility index (Phi) is 4.87. The van der Waals surface area contributed by atoms with Crippen LogP contribution in [0, 0.1) is 0 Å². The molecule has 8 nitrogen and oxygen atoms in total. The third-order valence-corrected chi connectivity index (χ3v) is 4.29. The van der Waals surface area contributed by atoms with Crippen molar-refractivity contribution in [3.63, 3.8) is 0 Å². The van der Waals surface area contributed by atoms with Crippen molar-refractivity contribution >= 4 is 11.7 Å². The molecule has 150 valence electrons. The first kappa shape index (κ1) is 18.8. The zero-order chi connectivity index (χ0) is 20.4. The van der Waals surface area contributed by atoms with E-state index in [0.29, 0.717) is 37.1 Å². The van der Waals surface area contributed by atoms with Crippen molar-refractivity contribution in [2.45, 2.75) is 25.6 Å². The highest BCUT2D eigenvalue weighted by Crippen LogP contribution is 2.31. The lowest BCUT2D eigenvalue weighted by Gasteiger charge is -2.14. The second kappa shape index (κ2) is 7.49. The van der Waals surface area contributed by atoms with Gasteiger partial charge in [-0.1, -0.05) is 6.07 Å². The number of pyridine rings is 2. The van der Waals surface area contributed by atoms with E-state index in [0.717, 1.165) is 6.07 Å². The zero-order valence-electron chi connectivity index (χ0n) is 15.0. The third kappa shape index (κ3) is 4.03. The number of fused-ring (bicyclic) bond motifs is 5. The lowest BCUT2D eigenvalue weighted by atomic mass is 10.1. The Balaban J connectivity index is 1.75. The van der Waals surface area contributed by atoms with E-state index in [2.05, 4.69) is 25.5 Å². The fourth-order valence-electron chi connectivity index (χ4n) is 2.87. The molecule has 1 N–H and O–H groups in total. The van der Waals surface area contributed by atoms with E-state index in [4.69, 9.17) is 4.74 Å². The molecule has 3 aromatic rings. The fraction of sp³-hybridized carbons (Fsp3) is 0.278. The van der Waals surface area contributed by atoms with Crippen molar-refractivity contribution < 1.29 is 22.7 Å². The number of aryl methyl sites for hydroxylation is 1. The monoisotopic (exact) mass is 404 g/mol. The number of halogens is 3. The van der Waals surface area contributed by atoms with Crippen LogP contribution in [0.15, 0.2) is 36.8 Å². The number of hydrogen-bond acceptors (Lipinski definition) is 6. The lowest BCUT2D eigenvalue weighted by molar-refractivity contribution is -0.137. The number of anilines is 1. The van der Waals surface area contributed by atoms with Crippen LogP contribution in [0.25, 0.3) is 11.5 Å². The van der Waals surface area contributed by atoms with Gasteiger partial charge in [0.05, 0.1) is 12.2 Å². The molecule has 1 aliphatic heterocycles. The van der Waals surface area contributed by atoms with Crippen molar-refractivity contribution in [1.29, 1.82) is 0 Å². The van der Waals surface area contributed by atoms with Gasteiger partial charge in [0.1, 0.15) is 23.4 Å². The smallest absolute Gasteiger partial charge is 0.417 e. The molecule has 29 heavy (non-hydrogen) atoms. The largest absolute Gasteiger partial charge is 0.477 e. The van der Waals surface area contributed by atoms with Gasteiger partial charge in [-0.05, 0) is 31.0 Å². The predicted octanol–water partition coefficient (Wildman–Crippen LogP) is 3.18. The number of hydrogen-bond donors (Lipinski definition) is 1. The van der Waals surface area contributed by atoms with Gasteiger partial charge < -0.3 is 14.6 Å². The van der Waals surface area contributed by atoms with Crippen LogP contribution in [0.3, 0.4) is 0 Å². The molecular formula is C18H15F3N6O2. The molecule has 2 bridgehead atoms. The zero-order valence-corrected chi connectivity index (χ0v) is 15.0. The number of carbonyl (C=O) groups is 1. The molecule has 0 saturated heterocycles. The maximum atomic E-state index is 13.1. The van der Waals surface area contributed by atoms with Crippen LogP contribution in [0.2, 0.25) is 0 Å². The first-order chi connectivity index (χ1) is 13.9. The molecule has 11 heteroatoms. The van der Waals surface area contributed by atoms with Crippen LogP contribution < -0.4 is 10.1 Å². The van der Waals surface area contributed by atoms with E-state index in [1.54, 1.807) is 18.5 Å². The second-order valence-corrected chi connectivity index (χ2v) is 6.34. The van der Waals surface area contributed by atoms with E-state index in [9.17, 15) is 18.0 Å². The molecule has 0 saturated carbocycles. The van der Waals surface area contributed by atoms with Gasteiger partial charge in [-0.3, -0.25) is 4.79 Å². The molecule has 4 rings (SSSR count). The summed E-state index contributed by atoms with van der Waals surface area (Å²) in [6.45, 7) is 0.802. The molecule has 1 aliphatic rings. The molecule has 0 fully saturated rings. The number of aromatic nitrogens is 5. The van der Waals surface area contributed by atoms with E-state index in [1.165, 1.54) is 6.07 Å². The molecule has 3 aromatic heterocycles. The third-order valence-electron chi connectivity index (χ3n) is 4.29. The molecule has 1 amide bonds. The van der Waals surface area contributed by atoms with Gasteiger partial charge in [0.2, 0.25) is 5.88 Å². The molecule has 0 atom stereocenters. The van der Waals surface area contributed by atoms with Crippen LogP contribution >= 0.6 is 0 Å². The predicted molar refractivity (Wildman–Crippen MR) is 95.2 cm³/mol. The molecule has 0 unspecified atom stereocenters. The highest BCUT2D eigenvalue weighted by molar-refractivity contribution is 6.05. The number of nitrogens with zero attached hydrogens (tertiary/aromatic N) is 5. The molecular weight excluding hydrogens is 389 g/mol. The molecule has 0 spiro atoms. The lowest BCUT2D eigenvalue weighted by Crippen LogP contribution is -2.18. The fourth-order valence-corrected chi connectivity index (χ4v) is 2.87. The van der Waals surface area contributed by atoms with Crippen molar-refractivity contribution in [3.8, 4) is 17.4 Å². The van der Waals surface area contributed by atoms with Crippen molar-refractivity contribution in [2.24, 2.45) is 0 Å². The summed E-state index contributed by atoms with van der Waals surface area (Å²) < 4.78 is 46.5. The van der Waals surface area contributed by atoms with Crippen molar-refractivity contribution in [1.82, 2.24) is 24.7 Å². The van der Waals surface area contributed by atoms with Crippen LogP contribution in [-0.2, 0) is 12.7 Å². The van der Waals surface area contributed by atoms with Crippen molar-refractivity contribution in [3.05, 3.63) is 47.9 Å². The number of alkyl halides is 3. The van der Waals surface area contributed by atoms with E-state index in [-0.39, 0.29) is 23.9 Å². The molecule has 0 aliphatic carbocycles. The normalized spacial score (nSPS) is 14.8. The van der Waals surface area contributed by atoms with E-state index < -0.39 is 17.6 Å². The van der Waals surface area contributed by atoms with Gasteiger partial charge >= 0.3 is 6.18 Å². The van der Waals surface area contributed by atoms with Crippen LogP contribution in [0.4, 0.5) is 19.0 Å². The van der Waals surface area contributed by atoms with Crippen LogP contribution in [0.5, 0.6) is 5.88 Å². The first-order valence-electron chi connectivity index (χ1n) is 8.78. The SMILES string of the molecule is O=C1Nc2cccc(n2)-c2nncn2CCCCOc2ncc(C(F)(F)F)cc21. The summed E-state index contributed by atoms with van der Waals surface area (Å²) in [5.41, 5.74) is -0.866. The van der Waals surface area contributed by atoms with Gasteiger partial charge in [-0.15, -0.1) is 10.2 Å². The first-order valence-corrected chi connectivity index (χ1v) is 8.78. The Morgan fingerprint density at radius 1 is 1.21 bits per heavy atom. The number of amides is 1. The summed E-state index contributed by atoms with van der Waals surface area (Å²) in [5, 5.41) is 10.5. The van der Waals surface area contributed by atoms with Gasteiger partial charge in [0.25, 0.3) is 5.91 Å². The number of nitrogens with one attached hydrogen (secondary N) is 1. The summed E-state index contributed by atoms with van der Waals surface area (Å²) in [5.74, 6) is -0.279. The van der Waals surface area contributed by atoms with E-state index >= 15 is 0 Å². The van der Waals surface area contributed by atoms with Gasteiger partial charge in [-0.25, -0.2) is 9.97 Å². The minimum Gasteiger partial charge on any atom is -0.477 e. The van der Waals surface area contributed by atoms with Crippen LogP contribution in [-0.4, -0.2) is 37.2 Å². The maximum Gasteiger partial charge on any atom is 0.417 e. The summed E-state index contributed by atoms with van der Waals surface area (Å²) in [6.07, 6.45) is -1.10. The second-order valence-electron chi connectivity index (χ2n) is 6.34. The Morgan fingerprint density at radius 3 is 2.90 bits per heavy atom. The molecule has 0 aromatic carbocycles. The standard InChI is InChI=1S/C18H15F3N6O2/c19-18(20,21)11-8-12-16(28)25-14-5-3-4-13(24-14)15-26-23-10-27(15)6-1-2-7-29-17(12)22-9-11/h3-5,8-10H,1-2,6-7H2,(H,24,25,28). The summed E-state index contributed by atoms with van der Waals surface area (Å²) in [6, 6.07) is 5.62. The summed E-state index contributed by atoms with van der Waals surface area (Å²) >= 11 is 0. The Morgan fingerprint density at radius 2 is 2.07 bits per heavy atom. The minimum absolute atomic E-state index is 0.155. The quantitative estimate of drug-likeness (QED) is 0.618. The van der Waals surface area contributed by atoms with Crippen LogP contribution in [0.1, 0.15) is 28.8 Å². The average Bonchev–Trinajstić information content (AvgIpc) is 3.15.